The van der Waals surface area contributed by atoms with Crippen LogP contribution in [0.3, 0.4) is 0 Å². The summed E-state index contributed by atoms with van der Waals surface area (Å²) in [6.45, 7) is 1.76. The van der Waals surface area contributed by atoms with E-state index in [1.165, 1.54) is 4.68 Å². The maximum absolute atomic E-state index is 5.46. The van der Waals surface area contributed by atoms with Gasteiger partial charge in [-0.1, -0.05) is 5.10 Å². The Bertz CT molecular complexity index is 1010. The molecule has 4 N–H and O–H groups in total. The molecule has 5 heterocycles. The number of aromatic nitrogens is 11. The Morgan fingerprint density at radius 2 is 1.43 bits per heavy atom. The third-order valence-electron chi connectivity index (χ3n) is 3.16. The van der Waals surface area contributed by atoms with Crippen molar-refractivity contribution in [3.05, 3.63) is 56.1 Å². The van der Waals surface area contributed by atoms with Crippen LogP contribution in [0.5, 0.6) is 0 Å². The molecule has 5 aromatic rings. The number of tetrazole rings is 2. The summed E-state index contributed by atoms with van der Waals surface area (Å²) in [4.78, 5) is 12.1. The lowest BCUT2D eigenvalue weighted by Gasteiger charge is -1.95. The fraction of sp³-hybridized carbons (Fsp3) is 0.214. The molecule has 0 radical (unpaired) electrons. The van der Waals surface area contributed by atoms with Crippen LogP contribution in [0.25, 0.3) is 0 Å². The molecule has 0 aliphatic carbocycles. The zero-order valence-corrected chi connectivity index (χ0v) is 17.9. The molecule has 0 aliphatic rings. The third kappa shape index (κ3) is 6.99. The lowest BCUT2D eigenvalue weighted by Crippen LogP contribution is -2.05. The van der Waals surface area contributed by atoms with Gasteiger partial charge in [0, 0.05) is 41.3 Å². The number of nitrogen functional groups attached to an aromatic ring is 1. The monoisotopic (exact) mass is 463 g/mol. The number of thiazole rings is 3. The molecule has 0 atom stereocenters. The van der Waals surface area contributed by atoms with Gasteiger partial charge in [0.15, 0.2) is 0 Å². The summed E-state index contributed by atoms with van der Waals surface area (Å²) < 4.78 is 3.14. The Balaban J connectivity index is 0.000000133. The van der Waals surface area contributed by atoms with E-state index in [0.29, 0.717) is 25.6 Å². The Kier molecular flexibility index (Phi) is 8.39. The SMILES string of the molecule is NCc1nccs1.Nc1nnnn1Cc1nccs1.c1csc(Cn2cnnn2)n1. The number of rotatable bonds is 5. The number of anilines is 1. The van der Waals surface area contributed by atoms with Gasteiger partial charge in [-0.05, 0) is 20.9 Å². The fourth-order valence-electron chi connectivity index (χ4n) is 1.86. The average Bonchev–Trinajstić information content (AvgIpc) is 3.57. The molecule has 156 valence electrons. The van der Waals surface area contributed by atoms with Crippen molar-refractivity contribution in [3.63, 3.8) is 0 Å². The minimum absolute atomic E-state index is 0.310. The molecule has 0 bridgehead atoms. The van der Waals surface area contributed by atoms with Crippen molar-refractivity contribution in [2.75, 3.05) is 5.73 Å². The first kappa shape index (κ1) is 21.5. The summed E-state index contributed by atoms with van der Waals surface area (Å²) >= 11 is 4.73. The molecular weight excluding hydrogens is 446 g/mol. The first-order valence-electron chi connectivity index (χ1n) is 8.32. The van der Waals surface area contributed by atoms with Gasteiger partial charge in [0.2, 0.25) is 5.95 Å². The second-order valence-electron chi connectivity index (χ2n) is 5.18. The number of hydrogen-bond acceptors (Lipinski definition) is 14. The van der Waals surface area contributed by atoms with E-state index >= 15 is 0 Å². The highest BCUT2D eigenvalue weighted by Gasteiger charge is 2.02. The summed E-state index contributed by atoms with van der Waals surface area (Å²) in [5.41, 5.74) is 10.7. The average molecular weight is 464 g/mol. The second kappa shape index (κ2) is 11.7. The van der Waals surface area contributed by atoms with Crippen molar-refractivity contribution < 1.29 is 0 Å². The van der Waals surface area contributed by atoms with E-state index in [1.54, 1.807) is 63.6 Å². The van der Waals surface area contributed by atoms with Crippen LogP contribution in [0.4, 0.5) is 5.95 Å². The quantitative estimate of drug-likeness (QED) is 0.371. The predicted molar refractivity (Wildman–Crippen MR) is 112 cm³/mol. The van der Waals surface area contributed by atoms with Crippen LogP contribution in [0.15, 0.2) is 41.1 Å². The van der Waals surface area contributed by atoms with Gasteiger partial charge in [-0.25, -0.2) is 24.3 Å². The smallest absolute Gasteiger partial charge is 0.240 e. The van der Waals surface area contributed by atoms with Crippen LogP contribution in [0, 0.1) is 0 Å². The molecule has 30 heavy (non-hydrogen) atoms. The lowest BCUT2D eigenvalue weighted by molar-refractivity contribution is 0.645. The summed E-state index contributed by atoms with van der Waals surface area (Å²) in [5, 5.41) is 30.1. The van der Waals surface area contributed by atoms with E-state index < -0.39 is 0 Å². The molecule has 0 amide bonds. The maximum atomic E-state index is 5.46. The first-order chi connectivity index (χ1) is 14.7. The van der Waals surface area contributed by atoms with Crippen LogP contribution < -0.4 is 11.5 Å². The highest BCUT2D eigenvalue weighted by Crippen LogP contribution is 2.06. The maximum Gasteiger partial charge on any atom is 0.240 e. The van der Waals surface area contributed by atoms with Gasteiger partial charge < -0.3 is 11.5 Å². The molecule has 13 nitrogen and oxygen atoms in total. The Hall–Kier alpha value is -3.21. The molecule has 5 aromatic heterocycles. The van der Waals surface area contributed by atoms with Gasteiger partial charge >= 0.3 is 0 Å². The zero-order chi connectivity index (χ0) is 21.0. The van der Waals surface area contributed by atoms with Crippen molar-refractivity contribution >= 4 is 40.0 Å². The van der Waals surface area contributed by atoms with E-state index in [1.807, 2.05) is 16.1 Å². The minimum atomic E-state index is 0.310. The molecule has 0 aliphatic heterocycles. The zero-order valence-electron chi connectivity index (χ0n) is 15.5. The molecule has 0 saturated heterocycles. The van der Waals surface area contributed by atoms with Crippen LogP contribution >= 0.6 is 34.0 Å². The van der Waals surface area contributed by atoms with Gasteiger partial charge in [-0.15, -0.1) is 39.1 Å². The van der Waals surface area contributed by atoms with E-state index in [9.17, 15) is 0 Å². The minimum Gasteiger partial charge on any atom is -0.367 e. The summed E-state index contributed by atoms with van der Waals surface area (Å²) in [6.07, 6.45) is 6.83. The highest BCUT2D eigenvalue weighted by atomic mass is 32.1. The summed E-state index contributed by atoms with van der Waals surface area (Å²) in [5.74, 6) is 0.310. The molecule has 0 saturated carbocycles. The summed E-state index contributed by atoms with van der Waals surface area (Å²) in [6, 6.07) is 0. The normalized spacial score (nSPS) is 10.0. The van der Waals surface area contributed by atoms with Crippen molar-refractivity contribution in [1.29, 1.82) is 0 Å². The van der Waals surface area contributed by atoms with Crippen LogP contribution in [-0.2, 0) is 19.6 Å². The van der Waals surface area contributed by atoms with E-state index in [4.69, 9.17) is 11.5 Å². The van der Waals surface area contributed by atoms with Crippen LogP contribution in [-0.4, -0.2) is 55.4 Å². The number of nitrogens with two attached hydrogens (primary N) is 2. The van der Waals surface area contributed by atoms with E-state index in [2.05, 4.69) is 46.0 Å². The topological polar surface area (TPSA) is 178 Å². The van der Waals surface area contributed by atoms with Gasteiger partial charge in [-0.2, -0.15) is 0 Å². The predicted octanol–water partition coefficient (Wildman–Crippen LogP) is 0.540. The summed E-state index contributed by atoms with van der Waals surface area (Å²) in [7, 11) is 0. The van der Waals surface area contributed by atoms with Crippen LogP contribution in [0.2, 0.25) is 0 Å². The first-order valence-corrected chi connectivity index (χ1v) is 11.0. The largest absolute Gasteiger partial charge is 0.367 e. The van der Waals surface area contributed by atoms with Gasteiger partial charge in [0.1, 0.15) is 21.4 Å². The molecule has 0 unspecified atom stereocenters. The lowest BCUT2D eigenvalue weighted by atomic mass is 10.7. The van der Waals surface area contributed by atoms with Crippen molar-refractivity contribution in [1.82, 2.24) is 55.4 Å². The second-order valence-corrected chi connectivity index (χ2v) is 8.12. The van der Waals surface area contributed by atoms with E-state index in [-0.39, 0.29) is 0 Å². The Morgan fingerprint density at radius 1 is 0.800 bits per heavy atom. The van der Waals surface area contributed by atoms with E-state index in [0.717, 1.165) is 15.0 Å². The van der Waals surface area contributed by atoms with Crippen LogP contribution in [0.1, 0.15) is 15.0 Å². The molecule has 0 spiro atoms. The Labute approximate surface area is 182 Å². The molecule has 16 heteroatoms. The Morgan fingerprint density at radius 3 is 1.87 bits per heavy atom. The van der Waals surface area contributed by atoms with Crippen molar-refractivity contribution in [2.45, 2.75) is 19.6 Å². The number of nitrogens with zero attached hydrogens (tertiary/aromatic N) is 11. The highest BCUT2D eigenvalue weighted by molar-refractivity contribution is 7.10. The van der Waals surface area contributed by atoms with Crippen molar-refractivity contribution in [2.24, 2.45) is 5.73 Å². The number of hydrogen-bond donors (Lipinski definition) is 2. The molecular formula is C14H17N13S3. The third-order valence-corrected chi connectivity index (χ3v) is 5.49. The molecule has 0 fully saturated rings. The van der Waals surface area contributed by atoms with Gasteiger partial charge in [0.05, 0.1) is 13.1 Å². The molecule has 0 aromatic carbocycles. The van der Waals surface area contributed by atoms with Gasteiger partial charge in [-0.3, -0.25) is 0 Å². The van der Waals surface area contributed by atoms with Crippen molar-refractivity contribution in [3.8, 4) is 0 Å². The molecule has 5 rings (SSSR count). The van der Waals surface area contributed by atoms with Gasteiger partial charge in [0.25, 0.3) is 0 Å². The standard InChI is InChI=1S/C5H6N6S.C5H5N5S.C4H6N2S/c6-5-8-9-10-11(5)3-4-7-1-2-12-4;1-2-11-5(6-1)3-10-4-7-8-9-10;5-3-4-6-1-2-7-4/h1-2H,3H2,(H2,6,8,10);1-2,4H,3H2;1-2H,3,5H2. The fourth-order valence-corrected chi connectivity index (χ4v) is 3.56.